The van der Waals surface area contributed by atoms with Crippen molar-refractivity contribution in [2.24, 2.45) is 5.92 Å². The van der Waals surface area contributed by atoms with Crippen molar-refractivity contribution < 1.29 is 0 Å². The Morgan fingerprint density at radius 2 is 1.42 bits per heavy atom. The van der Waals surface area contributed by atoms with Crippen molar-refractivity contribution in [2.75, 3.05) is 0 Å². The van der Waals surface area contributed by atoms with Crippen LogP contribution in [0.5, 0.6) is 0 Å². The first kappa shape index (κ1) is 13.8. The van der Waals surface area contributed by atoms with Crippen LogP contribution in [0.4, 0.5) is 0 Å². The molecule has 0 radical (unpaired) electrons. The summed E-state index contributed by atoms with van der Waals surface area (Å²) >= 11 is 0. The summed E-state index contributed by atoms with van der Waals surface area (Å²) in [7, 11) is 0. The molecule has 1 heterocycles. The van der Waals surface area contributed by atoms with Crippen LogP contribution in [0.2, 0.25) is 0 Å². The molecule has 0 N–H and O–H groups in total. The highest BCUT2D eigenvalue weighted by atomic mass is 14.6. The average molecular weight is 253 g/mol. The summed E-state index contributed by atoms with van der Waals surface area (Å²) in [5, 5.41) is 0. The van der Waals surface area contributed by atoms with E-state index in [0.29, 0.717) is 5.92 Å². The van der Waals surface area contributed by atoms with Gasteiger partial charge in [0, 0.05) is 17.8 Å². The van der Waals surface area contributed by atoms with Gasteiger partial charge in [0.1, 0.15) is 0 Å². The molecular weight excluding hydrogens is 230 g/mol. The second kappa shape index (κ2) is 5.56. The summed E-state index contributed by atoms with van der Waals surface area (Å²) in [4.78, 5) is 4.10. The summed E-state index contributed by atoms with van der Waals surface area (Å²) in [6.45, 7) is 9.04. The molecule has 0 aliphatic carbocycles. The lowest BCUT2D eigenvalue weighted by atomic mass is 9.78. The molecule has 0 atom stereocenters. The van der Waals surface area contributed by atoms with Crippen molar-refractivity contribution in [1.29, 1.82) is 0 Å². The lowest BCUT2D eigenvalue weighted by Crippen LogP contribution is -2.18. The first-order chi connectivity index (χ1) is 9.00. The molecule has 0 aliphatic heterocycles. The highest BCUT2D eigenvalue weighted by molar-refractivity contribution is 5.37. The highest BCUT2D eigenvalue weighted by Gasteiger charge is 2.22. The maximum absolute atomic E-state index is 4.10. The van der Waals surface area contributed by atoms with Crippen molar-refractivity contribution >= 4 is 0 Å². The average Bonchev–Trinajstić information content (AvgIpc) is 2.40. The Labute approximate surface area is 116 Å². The van der Waals surface area contributed by atoms with Crippen molar-refractivity contribution in [3.05, 3.63) is 65.5 Å². The van der Waals surface area contributed by atoms with Gasteiger partial charge >= 0.3 is 0 Å². The number of aromatic nitrogens is 1. The van der Waals surface area contributed by atoms with Gasteiger partial charge in [0.25, 0.3) is 0 Å². The van der Waals surface area contributed by atoms with E-state index in [-0.39, 0.29) is 5.41 Å². The van der Waals surface area contributed by atoms with Crippen LogP contribution in [0.1, 0.15) is 44.4 Å². The molecule has 2 rings (SSSR count). The van der Waals surface area contributed by atoms with E-state index in [0.717, 1.165) is 6.42 Å². The fourth-order valence-electron chi connectivity index (χ4n) is 2.46. The maximum atomic E-state index is 4.10. The van der Waals surface area contributed by atoms with Gasteiger partial charge in [-0.05, 0) is 41.2 Å². The predicted molar refractivity (Wildman–Crippen MR) is 81.3 cm³/mol. The molecule has 0 unspecified atom stereocenters. The monoisotopic (exact) mass is 253 g/mol. The molecule has 0 fully saturated rings. The second-order valence-electron chi connectivity index (χ2n) is 6.16. The van der Waals surface area contributed by atoms with E-state index in [4.69, 9.17) is 0 Å². The van der Waals surface area contributed by atoms with Crippen molar-refractivity contribution in [2.45, 2.75) is 39.5 Å². The van der Waals surface area contributed by atoms with Gasteiger partial charge in [-0.25, -0.2) is 0 Å². The van der Waals surface area contributed by atoms with Crippen LogP contribution in [0.3, 0.4) is 0 Å². The second-order valence-corrected chi connectivity index (χ2v) is 6.16. The number of hydrogen-bond donors (Lipinski definition) is 0. The fraction of sp³-hybridized carbons (Fsp3) is 0.389. The molecule has 2 aromatic rings. The Morgan fingerprint density at radius 3 is 1.95 bits per heavy atom. The van der Waals surface area contributed by atoms with Crippen molar-refractivity contribution in [1.82, 2.24) is 4.98 Å². The van der Waals surface area contributed by atoms with E-state index in [1.54, 1.807) is 0 Å². The summed E-state index contributed by atoms with van der Waals surface area (Å²) in [5.41, 5.74) is 4.11. The van der Waals surface area contributed by atoms with Gasteiger partial charge < -0.3 is 0 Å². The molecule has 1 nitrogen and oxygen atoms in total. The van der Waals surface area contributed by atoms with E-state index in [2.05, 4.69) is 69.1 Å². The Balaban J connectivity index is 2.26. The standard InChI is InChI=1S/C18H23N/c1-14(2)13-15-5-7-16(8-6-15)18(3,4)17-9-11-19-12-10-17/h5-12,14H,13H2,1-4H3. The maximum Gasteiger partial charge on any atom is 0.0270 e. The van der Waals surface area contributed by atoms with E-state index < -0.39 is 0 Å². The zero-order valence-electron chi connectivity index (χ0n) is 12.4. The third-order valence-electron chi connectivity index (χ3n) is 3.72. The van der Waals surface area contributed by atoms with Crippen LogP contribution in [0.15, 0.2) is 48.8 Å². The van der Waals surface area contributed by atoms with Gasteiger partial charge in [-0.2, -0.15) is 0 Å². The predicted octanol–water partition coefficient (Wildman–Crippen LogP) is 4.61. The van der Waals surface area contributed by atoms with E-state index in [1.807, 2.05) is 12.4 Å². The summed E-state index contributed by atoms with van der Waals surface area (Å²) < 4.78 is 0. The molecule has 0 spiro atoms. The third kappa shape index (κ3) is 3.23. The number of nitrogens with zero attached hydrogens (tertiary/aromatic N) is 1. The van der Waals surface area contributed by atoms with Gasteiger partial charge in [-0.3, -0.25) is 4.98 Å². The van der Waals surface area contributed by atoms with Gasteiger partial charge in [0.2, 0.25) is 0 Å². The van der Waals surface area contributed by atoms with Gasteiger partial charge in [0.15, 0.2) is 0 Å². The molecule has 0 amide bonds. The molecular formula is C18H23N. The quantitative estimate of drug-likeness (QED) is 0.775. The van der Waals surface area contributed by atoms with Crippen molar-refractivity contribution in [3.8, 4) is 0 Å². The van der Waals surface area contributed by atoms with Crippen molar-refractivity contribution in [3.63, 3.8) is 0 Å². The SMILES string of the molecule is CC(C)Cc1ccc(C(C)(C)c2ccncc2)cc1. The Hall–Kier alpha value is -1.63. The van der Waals surface area contributed by atoms with E-state index >= 15 is 0 Å². The number of hydrogen-bond acceptors (Lipinski definition) is 1. The molecule has 0 saturated heterocycles. The zero-order valence-corrected chi connectivity index (χ0v) is 12.4. The van der Waals surface area contributed by atoms with Crippen LogP contribution in [0.25, 0.3) is 0 Å². The van der Waals surface area contributed by atoms with Crippen LogP contribution in [-0.4, -0.2) is 4.98 Å². The lowest BCUT2D eigenvalue weighted by Gasteiger charge is -2.26. The smallest absolute Gasteiger partial charge is 0.0270 e. The van der Waals surface area contributed by atoms with E-state index in [9.17, 15) is 0 Å². The van der Waals surface area contributed by atoms with Gasteiger partial charge in [0.05, 0.1) is 0 Å². The fourth-order valence-corrected chi connectivity index (χ4v) is 2.46. The zero-order chi connectivity index (χ0) is 13.9. The lowest BCUT2D eigenvalue weighted by molar-refractivity contribution is 0.633. The summed E-state index contributed by atoms with van der Waals surface area (Å²) in [6.07, 6.45) is 4.88. The minimum atomic E-state index is 0.0271. The molecule has 1 heteroatoms. The number of benzene rings is 1. The number of rotatable bonds is 4. The van der Waals surface area contributed by atoms with Crippen LogP contribution in [-0.2, 0) is 11.8 Å². The first-order valence-electron chi connectivity index (χ1n) is 7.00. The Morgan fingerprint density at radius 1 is 0.895 bits per heavy atom. The molecule has 0 bridgehead atoms. The van der Waals surface area contributed by atoms with E-state index in [1.165, 1.54) is 16.7 Å². The van der Waals surface area contributed by atoms with Crippen LogP contribution < -0.4 is 0 Å². The van der Waals surface area contributed by atoms with Gasteiger partial charge in [-0.15, -0.1) is 0 Å². The molecule has 1 aromatic carbocycles. The minimum Gasteiger partial charge on any atom is -0.265 e. The molecule has 100 valence electrons. The third-order valence-corrected chi connectivity index (χ3v) is 3.72. The molecule has 19 heavy (non-hydrogen) atoms. The largest absolute Gasteiger partial charge is 0.265 e. The van der Waals surface area contributed by atoms with Crippen LogP contribution >= 0.6 is 0 Å². The first-order valence-corrected chi connectivity index (χ1v) is 7.00. The van der Waals surface area contributed by atoms with Gasteiger partial charge in [-0.1, -0.05) is 52.0 Å². The Bertz CT molecular complexity index is 509. The Kier molecular flexibility index (Phi) is 4.04. The molecule has 1 aromatic heterocycles. The molecule has 0 saturated carbocycles. The highest BCUT2D eigenvalue weighted by Crippen LogP contribution is 2.31. The normalized spacial score (nSPS) is 11.8. The topological polar surface area (TPSA) is 12.9 Å². The summed E-state index contributed by atoms with van der Waals surface area (Å²) in [6, 6.07) is 13.2. The summed E-state index contributed by atoms with van der Waals surface area (Å²) in [5.74, 6) is 0.707. The van der Waals surface area contributed by atoms with Crippen LogP contribution in [0, 0.1) is 5.92 Å². The minimum absolute atomic E-state index is 0.0271. The molecule has 0 aliphatic rings. The number of pyridine rings is 1.